The van der Waals surface area contributed by atoms with Gasteiger partial charge in [-0.3, -0.25) is 9.67 Å². The van der Waals surface area contributed by atoms with Crippen molar-refractivity contribution in [2.45, 2.75) is 39.9 Å². The molecule has 0 aliphatic rings. The van der Waals surface area contributed by atoms with E-state index < -0.39 is 0 Å². The summed E-state index contributed by atoms with van der Waals surface area (Å²) in [5.41, 5.74) is 3.50. The predicted octanol–water partition coefficient (Wildman–Crippen LogP) is 2.29. The number of pyridine rings is 1. The molecule has 0 radical (unpaired) electrons. The number of nitrogens with one attached hydrogen (secondary N) is 1. The lowest BCUT2D eigenvalue weighted by molar-refractivity contribution is 0.549. The Kier molecular flexibility index (Phi) is 4.47. The first kappa shape index (κ1) is 12.8. The Morgan fingerprint density at radius 3 is 2.83 bits per heavy atom. The van der Waals surface area contributed by atoms with E-state index in [9.17, 15) is 0 Å². The van der Waals surface area contributed by atoms with Crippen LogP contribution in [0.1, 0.15) is 30.3 Å². The standard InChI is InChI=1S/C14H20N4/c1-3-8-18-14(6-7-17-18)11-15-9-13-5-4-12(2)16-10-13/h4-7,10,15H,3,8-9,11H2,1-2H3. The second-order valence-electron chi connectivity index (χ2n) is 4.46. The molecule has 2 heterocycles. The Hall–Kier alpha value is -1.68. The molecule has 18 heavy (non-hydrogen) atoms. The van der Waals surface area contributed by atoms with Crippen molar-refractivity contribution in [1.29, 1.82) is 0 Å². The van der Waals surface area contributed by atoms with E-state index in [1.54, 1.807) is 0 Å². The van der Waals surface area contributed by atoms with Gasteiger partial charge in [-0.1, -0.05) is 13.0 Å². The van der Waals surface area contributed by atoms with E-state index in [1.807, 2.05) is 25.4 Å². The normalized spacial score (nSPS) is 10.8. The Labute approximate surface area is 108 Å². The zero-order valence-corrected chi connectivity index (χ0v) is 11.1. The Bertz CT molecular complexity index is 473. The summed E-state index contributed by atoms with van der Waals surface area (Å²) < 4.78 is 2.06. The van der Waals surface area contributed by atoms with Gasteiger partial charge in [-0.25, -0.2) is 0 Å². The third kappa shape index (κ3) is 3.40. The van der Waals surface area contributed by atoms with Crippen LogP contribution in [-0.2, 0) is 19.6 Å². The number of hydrogen-bond acceptors (Lipinski definition) is 3. The molecule has 0 spiro atoms. The fraction of sp³-hybridized carbons (Fsp3) is 0.429. The molecular weight excluding hydrogens is 224 g/mol. The predicted molar refractivity (Wildman–Crippen MR) is 72.0 cm³/mol. The van der Waals surface area contributed by atoms with Gasteiger partial charge in [0.25, 0.3) is 0 Å². The largest absolute Gasteiger partial charge is 0.307 e. The SMILES string of the molecule is CCCn1nccc1CNCc1ccc(C)nc1. The van der Waals surface area contributed by atoms with Crippen LogP contribution in [0.2, 0.25) is 0 Å². The van der Waals surface area contributed by atoms with Gasteiger partial charge in [-0.15, -0.1) is 0 Å². The summed E-state index contributed by atoms with van der Waals surface area (Å²) in [6.07, 6.45) is 4.89. The topological polar surface area (TPSA) is 42.7 Å². The van der Waals surface area contributed by atoms with E-state index in [2.05, 4.69) is 39.1 Å². The maximum absolute atomic E-state index is 4.31. The highest BCUT2D eigenvalue weighted by Crippen LogP contribution is 2.02. The third-order valence-electron chi connectivity index (χ3n) is 2.85. The van der Waals surface area contributed by atoms with Gasteiger partial charge < -0.3 is 5.32 Å². The van der Waals surface area contributed by atoms with Crippen LogP contribution >= 0.6 is 0 Å². The monoisotopic (exact) mass is 244 g/mol. The molecule has 0 aliphatic carbocycles. The molecule has 0 aliphatic heterocycles. The van der Waals surface area contributed by atoms with Crippen LogP contribution in [0, 0.1) is 6.92 Å². The second-order valence-corrected chi connectivity index (χ2v) is 4.46. The molecule has 4 nitrogen and oxygen atoms in total. The minimum absolute atomic E-state index is 0.838. The zero-order chi connectivity index (χ0) is 12.8. The van der Waals surface area contributed by atoms with Crippen molar-refractivity contribution in [2.24, 2.45) is 0 Å². The smallest absolute Gasteiger partial charge is 0.0522 e. The Morgan fingerprint density at radius 1 is 1.22 bits per heavy atom. The molecule has 0 aromatic carbocycles. The van der Waals surface area contributed by atoms with Gasteiger partial charge in [0.2, 0.25) is 0 Å². The Balaban J connectivity index is 1.84. The summed E-state index contributed by atoms with van der Waals surface area (Å²) in [7, 11) is 0. The molecule has 0 unspecified atom stereocenters. The minimum atomic E-state index is 0.838. The summed E-state index contributed by atoms with van der Waals surface area (Å²) in [4.78, 5) is 4.28. The molecule has 2 rings (SSSR count). The molecule has 0 atom stereocenters. The van der Waals surface area contributed by atoms with Crippen molar-refractivity contribution in [2.75, 3.05) is 0 Å². The van der Waals surface area contributed by atoms with Gasteiger partial charge in [0, 0.05) is 37.7 Å². The fourth-order valence-electron chi connectivity index (χ4n) is 1.86. The van der Waals surface area contributed by atoms with Gasteiger partial charge in [0.1, 0.15) is 0 Å². The molecule has 4 heteroatoms. The summed E-state index contributed by atoms with van der Waals surface area (Å²) in [5, 5.41) is 7.73. The van der Waals surface area contributed by atoms with Crippen LogP contribution in [0.4, 0.5) is 0 Å². The third-order valence-corrected chi connectivity index (χ3v) is 2.85. The summed E-state index contributed by atoms with van der Waals surface area (Å²) in [6, 6.07) is 6.22. The van der Waals surface area contributed by atoms with Crippen LogP contribution in [0.25, 0.3) is 0 Å². The highest BCUT2D eigenvalue weighted by Gasteiger charge is 2.01. The maximum atomic E-state index is 4.31. The van der Waals surface area contributed by atoms with Crippen molar-refractivity contribution >= 4 is 0 Å². The van der Waals surface area contributed by atoms with Crippen molar-refractivity contribution in [3.8, 4) is 0 Å². The average Bonchev–Trinajstić information content (AvgIpc) is 2.80. The molecule has 0 saturated heterocycles. The number of nitrogens with zero attached hydrogens (tertiary/aromatic N) is 3. The van der Waals surface area contributed by atoms with E-state index in [0.717, 1.165) is 31.7 Å². The van der Waals surface area contributed by atoms with Crippen molar-refractivity contribution in [3.63, 3.8) is 0 Å². The van der Waals surface area contributed by atoms with Crippen molar-refractivity contribution in [1.82, 2.24) is 20.1 Å². The van der Waals surface area contributed by atoms with Gasteiger partial charge in [-0.2, -0.15) is 5.10 Å². The summed E-state index contributed by atoms with van der Waals surface area (Å²) >= 11 is 0. The first-order valence-electron chi connectivity index (χ1n) is 6.42. The fourth-order valence-corrected chi connectivity index (χ4v) is 1.86. The lowest BCUT2D eigenvalue weighted by Crippen LogP contribution is -2.16. The molecule has 1 N–H and O–H groups in total. The molecule has 2 aromatic rings. The number of aromatic nitrogens is 3. The van der Waals surface area contributed by atoms with Crippen LogP contribution < -0.4 is 5.32 Å². The average molecular weight is 244 g/mol. The summed E-state index contributed by atoms with van der Waals surface area (Å²) in [6.45, 7) is 6.83. The first-order chi connectivity index (χ1) is 8.79. The highest BCUT2D eigenvalue weighted by molar-refractivity contribution is 5.13. The lowest BCUT2D eigenvalue weighted by Gasteiger charge is -2.07. The number of rotatable bonds is 6. The van der Waals surface area contributed by atoms with E-state index >= 15 is 0 Å². The lowest BCUT2D eigenvalue weighted by atomic mass is 10.2. The van der Waals surface area contributed by atoms with Gasteiger partial charge in [0.05, 0.1) is 5.69 Å². The van der Waals surface area contributed by atoms with Crippen molar-refractivity contribution in [3.05, 3.63) is 47.5 Å². The minimum Gasteiger partial charge on any atom is -0.307 e. The quantitative estimate of drug-likeness (QED) is 0.847. The molecule has 2 aromatic heterocycles. The van der Waals surface area contributed by atoms with Crippen LogP contribution in [-0.4, -0.2) is 14.8 Å². The molecule has 0 fully saturated rings. The Morgan fingerprint density at radius 2 is 2.11 bits per heavy atom. The number of hydrogen-bond donors (Lipinski definition) is 1. The van der Waals surface area contributed by atoms with Crippen LogP contribution in [0.15, 0.2) is 30.6 Å². The van der Waals surface area contributed by atoms with Gasteiger partial charge >= 0.3 is 0 Å². The van der Waals surface area contributed by atoms with E-state index in [0.29, 0.717) is 0 Å². The summed E-state index contributed by atoms with van der Waals surface area (Å²) in [5.74, 6) is 0. The molecule has 0 saturated carbocycles. The molecular formula is C14H20N4. The van der Waals surface area contributed by atoms with Gasteiger partial charge in [-0.05, 0) is 31.0 Å². The molecule has 0 amide bonds. The van der Waals surface area contributed by atoms with E-state index in [1.165, 1.54) is 11.3 Å². The van der Waals surface area contributed by atoms with E-state index in [4.69, 9.17) is 0 Å². The van der Waals surface area contributed by atoms with Crippen molar-refractivity contribution < 1.29 is 0 Å². The highest BCUT2D eigenvalue weighted by atomic mass is 15.3. The van der Waals surface area contributed by atoms with E-state index in [-0.39, 0.29) is 0 Å². The van der Waals surface area contributed by atoms with Crippen LogP contribution in [0.5, 0.6) is 0 Å². The molecule has 96 valence electrons. The zero-order valence-electron chi connectivity index (χ0n) is 11.1. The van der Waals surface area contributed by atoms with Gasteiger partial charge in [0.15, 0.2) is 0 Å². The maximum Gasteiger partial charge on any atom is 0.0522 e. The van der Waals surface area contributed by atoms with Crippen LogP contribution in [0.3, 0.4) is 0 Å². The first-order valence-corrected chi connectivity index (χ1v) is 6.42. The second kappa shape index (κ2) is 6.31. The number of aryl methyl sites for hydroxylation is 2. The molecule has 0 bridgehead atoms.